The van der Waals surface area contributed by atoms with Gasteiger partial charge in [-0.15, -0.1) is 0 Å². The van der Waals surface area contributed by atoms with Crippen LogP contribution >= 0.6 is 0 Å². The molecule has 1 aromatic carbocycles. The fourth-order valence-electron chi connectivity index (χ4n) is 4.44. The summed E-state index contributed by atoms with van der Waals surface area (Å²) >= 11 is 0. The highest BCUT2D eigenvalue weighted by Crippen LogP contribution is 2.64. The summed E-state index contributed by atoms with van der Waals surface area (Å²) in [6.45, 7) is 4.43. The first-order valence-corrected chi connectivity index (χ1v) is 8.76. The number of hydrogen-bond acceptors (Lipinski definition) is 5. The lowest BCUT2D eigenvalue weighted by atomic mass is 10.00. The highest BCUT2D eigenvalue weighted by atomic mass is 16.4. The quantitative estimate of drug-likeness (QED) is 0.858. The van der Waals surface area contributed by atoms with Crippen molar-refractivity contribution in [2.75, 3.05) is 6.54 Å². The number of fused-ring (bicyclic) bond motifs is 2. The number of carboxylic acid groups (broad SMARTS) is 1. The van der Waals surface area contributed by atoms with E-state index in [1.165, 1.54) is 4.90 Å². The topological polar surface area (TPSA) is 119 Å². The summed E-state index contributed by atoms with van der Waals surface area (Å²) in [5.41, 5.74) is 0.283. The van der Waals surface area contributed by atoms with Crippen LogP contribution in [0.4, 0.5) is 4.79 Å². The van der Waals surface area contributed by atoms with E-state index in [4.69, 9.17) is 0 Å². The number of piperidine rings is 1. The molecule has 2 aliphatic rings. The van der Waals surface area contributed by atoms with Crippen molar-refractivity contribution in [3.63, 3.8) is 0 Å². The number of aromatic nitrogens is 2. The van der Waals surface area contributed by atoms with E-state index in [-0.39, 0.29) is 17.3 Å². The van der Waals surface area contributed by atoms with Crippen LogP contribution in [0.5, 0.6) is 0 Å². The van der Waals surface area contributed by atoms with Gasteiger partial charge in [-0.05, 0) is 17.3 Å². The Balaban J connectivity index is 1.63. The number of carbonyl (C=O) groups is 2. The molecule has 0 bridgehead atoms. The number of amides is 2. The molecule has 1 aromatic heterocycles. The Morgan fingerprint density at radius 1 is 1.41 bits per heavy atom. The van der Waals surface area contributed by atoms with Crippen LogP contribution in [-0.2, 0) is 4.79 Å². The average molecular weight is 365 g/mol. The molecule has 1 unspecified atom stereocenters. The van der Waals surface area contributed by atoms with Crippen LogP contribution in [0.3, 0.4) is 0 Å². The molecule has 0 radical (unpaired) electrons. The second-order valence-electron chi connectivity index (χ2n) is 7.72. The molecule has 1 saturated carbocycles. The third-order valence-electron chi connectivity index (χ3n) is 6.01. The Bertz CT molecular complexity index is 977. The van der Waals surface area contributed by atoms with Gasteiger partial charge < -0.3 is 10.4 Å². The summed E-state index contributed by atoms with van der Waals surface area (Å²) in [6, 6.07) is 7.60. The predicted molar refractivity (Wildman–Crippen MR) is 95.3 cm³/mol. The lowest BCUT2D eigenvalue weighted by Gasteiger charge is -2.28. The maximum absolute atomic E-state index is 12.9. The van der Waals surface area contributed by atoms with Gasteiger partial charge in [0.15, 0.2) is 6.04 Å². The largest absolute Gasteiger partial charge is 0.465 e. The molecule has 1 aliphatic heterocycles. The van der Waals surface area contributed by atoms with Gasteiger partial charge in [0, 0.05) is 17.3 Å². The lowest BCUT2D eigenvalue weighted by molar-refractivity contribution is -0.126. The lowest BCUT2D eigenvalue weighted by Crippen LogP contribution is -2.50. The minimum Gasteiger partial charge on any atom is -0.465 e. The molecule has 8 nitrogen and oxygen atoms in total. The van der Waals surface area contributed by atoms with Crippen LogP contribution < -0.4 is 5.32 Å². The normalized spacial score (nSPS) is 26.1. The zero-order valence-corrected chi connectivity index (χ0v) is 15.0. The zero-order valence-electron chi connectivity index (χ0n) is 15.0. The van der Waals surface area contributed by atoms with Crippen LogP contribution in [0.25, 0.3) is 10.8 Å². The first kappa shape index (κ1) is 17.2. The molecule has 138 valence electrons. The molecule has 27 heavy (non-hydrogen) atoms. The molecule has 0 spiro atoms. The molecule has 2 fully saturated rings. The Morgan fingerprint density at radius 2 is 2.15 bits per heavy atom. The Labute approximate surface area is 155 Å². The maximum atomic E-state index is 12.9. The van der Waals surface area contributed by atoms with Gasteiger partial charge in [-0.2, -0.15) is 15.5 Å². The molecule has 4 rings (SSSR count). The van der Waals surface area contributed by atoms with Gasteiger partial charge >= 0.3 is 6.09 Å². The Morgan fingerprint density at radius 3 is 2.85 bits per heavy atom. The molecule has 2 heterocycles. The van der Waals surface area contributed by atoms with E-state index in [0.29, 0.717) is 12.2 Å². The number of rotatable bonds is 3. The minimum absolute atomic E-state index is 0.0356. The van der Waals surface area contributed by atoms with Crippen LogP contribution in [0.1, 0.15) is 25.6 Å². The molecule has 2 aromatic rings. The summed E-state index contributed by atoms with van der Waals surface area (Å²) in [4.78, 5) is 25.7. The van der Waals surface area contributed by atoms with Gasteiger partial charge in [0.25, 0.3) is 0 Å². The third-order valence-corrected chi connectivity index (χ3v) is 6.01. The van der Waals surface area contributed by atoms with Gasteiger partial charge in [0.1, 0.15) is 11.7 Å². The van der Waals surface area contributed by atoms with Crippen molar-refractivity contribution in [2.24, 2.45) is 17.3 Å². The summed E-state index contributed by atoms with van der Waals surface area (Å²) in [6.07, 6.45) is 0.479. The van der Waals surface area contributed by atoms with E-state index in [1.54, 1.807) is 6.20 Å². The molecular formula is C19H19N5O3. The van der Waals surface area contributed by atoms with Gasteiger partial charge in [0.05, 0.1) is 12.3 Å². The first-order valence-electron chi connectivity index (χ1n) is 8.76. The average Bonchev–Trinajstić information content (AvgIpc) is 3.01. The minimum atomic E-state index is -1.11. The van der Waals surface area contributed by atoms with Crippen molar-refractivity contribution in [1.82, 2.24) is 20.4 Å². The molecule has 4 atom stereocenters. The smallest absolute Gasteiger partial charge is 0.407 e. The highest BCUT2D eigenvalue weighted by Gasteiger charge is 2.69. The Hall–Kier alpha value is -3.21. The Kier molecular flexibility index (Phi) is 3.77. The third kappa shape index (κ3) is 2.58. The van der Waals surface area contributed by atoms with Gasteiger partial charge in [-0.3, -0.25) is 9.69 Å². The maximum Gasteiger partial charge on any atom is 0.407 e. The monoisotopic (exact) mass is 365 g/mol. The zero-order chi connectivity index (χ0) is 19.3. The number of nitriles is 1. The van der Waals surface area contributed by atoms with Crippen LogP contribution in [0, 0.1) is 28.6 Å². The summed E-state index contributed by atoms with van der Waals surface area (Å²) in [7, 11) is 0. The second-order valence-corrected chi connectivity index (χ2v) is 7.72. The summed E-state index contributed by atoms with van der Waals surface area (Å²) in [5.74, 6) is -0.328. The van der Waals surface area contributed by atoms with Crippen molar-refractivity contribution < 1.29 is 14.7 Å². The van der Waals surface area contributed by atoms with Crippen molar-refractivity contribution >= 4 is 22.8 Å². The van der Waals surface area contributed by atoms with Crippen LogP contribution in [-0.4, -0.2) is 44.8 Å². The van der Waals surface area contributed by atoms with Gasteiger partial charge in [-0.25, -0.2) is 4.79 Å². The second kappa shape index (κ2) is 5.91. The molecule has 2 N–H and O–H groups in total. The fourth-order valence-corrected chi connectivity index (χ4v) is 4.44. The standard InChI is InChI=1S/C19H19N5O3/c1-19(2)12-9-24(18(26)27)16(14(12)19)17(25)22-13(7-20)15-11-6-4-3-5-10(11)8-21-23-15/h3-6,8,12-14,16H,9H2,1-2H3,(H,22,25)(H,26,27)/t12-,13?,14-,16-/m0/s1. The molecule has 1 saturated heterocycles. The van der Waals surface area contributed by atoms with E-state index in [2.05, 4.69) is 21.6 Å². The van der Waals surface area contributed by atoms with E-state index in [1.807, 2.05) is 38.1 Å². The van der Waals surface area contributed by atoms with Crippen molar-refractivity contribution in [3.05, 3.63) is 36.2 Å². The number of nitrogens with one attached hydrogen (secondary N) is 1. The number of carbonyl (C=O) groups excluding carboxylic acids is 1. The van der Waals surface area contributed by atoms with Crippen molar-refractivity contribution in [3.8, 4) is 6.07 Å². The van der Waals surface area contributed by atoms with E-state index < -0.39 is 24.1 Å². The fraction of sp³-hybridized carbons (Fsp3) is 0.421. The van der Waals surface area contributed by atoms with Crippen LogP contribution in [0.2, 0.25) is 0 Å². The molecule has 8 heteroatoms. The van der Waals surface area contributed by atoms with Crippen LogP contribution in [0.15, 0.2) is 30.5 Å². The van der Waals surface area contributed by atoms with E-state index in [0.717, 1.165) is 10.8 Å². The van der Waals surface area contributed by atoms with Gasteiger partial charge in [0.2, 0.25) is 5.91 Å². The SMILES string of the molecule is CC1(C)[C@@H]2[C@@H](C(=O)NC(C#N)c3nncc4ccccc34)N(C(=O)O)C[C@@H]21. The predicted octanol–water partition coefficient (Wildman–Crippen LogP) is 1.95. The van der Waals surface area contributed by atoms with Crippen molar-refractivity contribution in [2.45, 2.75) is 25.9 Å². The number of benzene rings is 1. The molecule has 2 amide bonds. The highest BCUT2D eigenvalue weighted by molar-refractivity contribution is 5.89. The molecular weight excluding hydrogens is 346 g/mol. The summed E-state index contributed by atoms with van der Waals surface area (Å²) in [5, 5.41) is 31.3. The van der Waals surface area contributed by atoms with E-state index >= 15 is 0 Å². The van der Waals surface area contributed by atoms with Crippen molar-refractivity contribution in [1.29, 1.82) is 5.26 Å². The number of likely N-dealkylation sites (tertiary alicyclic amines) is 1. The first-order chi connectivity index (χ1) is 12.9. The summed E-state index contributed by atoms with van der Waals surface area (Å²) < 4.78 is 0. The number of nitrogens with zero attached hydrogens (tertiary/aromatic N) is 4. The van der Waals surface area contributed by atoms with E-state index in [9.17, 15) is 20.0 Å². The van der Waals surface area contributed by atoms with Gasteiger partial charge in [-0.1, -0.05) is 38.1 Å². The molecule has 1 aliphatic carbocycles. The number of hydrogen-bond donors (Lipinski definition) is 2.